The summed E-state index contributed by atoms with van der Waals surface area (Å²) in [6, 6.07) is 4.76. The van der Waals surface area contributed by atoms with Gasteiger partial charge in [-0.25, -0.2) is 4.79 Å². The monoisotopic (exact) mass is 282 g/mol. The molecule has 0 aliphatic rings. The Kier molecular flexibility index (Phi) is 5.53. The summed E-state index contributed by atoms with van der Waals surface area (Å²) in [4.78, 5) is 11.1. The van der Waals surface area contributed by atoms with E-state index in [1.165, 1.54) is 13.2 Å². The van der Waals surface area contributed by atoms with Gasteiger partial charge in [0.1, 0.15) is 5.75 Å². The average Bonchev–Trinajstić information content (AvgIpc) is 2.37. The largest absolute Gasteiger partial charge is 0.478 e. The quantitative estimate of drug-likeness (QED) is 0.812. The summed E-state index contributed by atoms with van der Waals surface area (Å²) in [6.07, 6.45) is 0. The van der Waals surface area contributed by atoms with E-state index in [9.17, 15) is 4.79 Å². The van der Waals surface area contributed by atoms with Crippen molar-refractivity contribution in [3.05, 3.63) is 29.3 Å². The maximum Gasteiger partial charge on any atom is 0.335 e. The molecule has 0 saturated carbocycles. The number of carboxylic acid groups (broad SMARTS) is 1. The predicted octanol–water partition coefficient (Wildman–Crippen LogP) is 3.03. The lowest BCUT2D eigenvalue weighted by atomic mass is 9.85. The van der Waals surface area contributed by atoms with Gasteiger partial charge < -0.3 is 19.3 Å². The van der Waals surface area contributed by atoms with Crippen molar-refractivity contribution >= 4 is 5.97 Å². The second-order valence-electron chi connectivity index (χ2n) is 5.36. The third-order valence-corrected chi connectivity index (χ3v) is 2.75. The van der Waals surface area contributed by atoms with Crippen molar-refractivity contribution in [1.29, 1.82) is 0 Å². The van der Waals surface area contributed by atoms with E-state index in [-0.39, 0.29) is 11.0 Å². The predicted molar refractivity (Wildman–Crippen MR) is 75.2 cm³/mol. The molecule has 0 aliphatic carbocycles. The van der Waals surface area contributed by atoms with Gasteiger partial charge in [-0.2, -0.15) is 0 Å². The summed E-state index contributed by atoms with van der Waals surface area (Å²) in [7, 11) is 1.49. The van der Waals surface area contributed by atoms with E-state index in [0.717, 1.165) is 5.56 Å². The fraction of sp³-hybridized carbons (Fsp3) is 0.533. The minimum absolute atomic E-state index is 0.229. The van der Waals surface area contributed by atoms with Crippen LogP contribution in [0.5, 0.6) is 5.75 Å². The first-order valence-corrected chi connectivity index (χ1v) is 6.48. The Hall–Kier alpha value is -1.59. The van der Waals surface area contributed by atoms with Crippen LogP contribution in [0.15, 0.2) is 18.2 Å². The molecule has 1 rings (SSSR count). The molecule has 0 spiro atoms. The van der Waals surface area contributed by atoms with E-state index in [1.54, 1.807) is 12.1 Å². The highest BCUT2D eigenvalue weighted by atomic mass is 16.8. The van der Waals surface area contributed by atoms with Crippen LogP contribution in [0.1, 0.15) is 43.6 Å². The van der Waals surface area contributed by atoms with Crippen molar-refractivity contribution in [2.24, 2.45) is 0 Å². The van der Waals surface area contributed by atoms with Crippen molar-refractivity contribution in [3.8, 4) is 5.75 Å². The Morgan fingerprint density at radius 2 is 2.00 bits per heavy atom. The number of hydrogen-bond acceptors (Lipinski definition) is 4. The van der Waals surface area contributed by atoms with E-state index >= 15 is 0 Å². The molecule has 0 radical (unpaired) electrons. The van der Waals surface area contributed by atoms with Crippen LogP contribution in [0.2, 0.25) is 0 Å². The second kappa shape index (κ2) is 6.72. The van der Waals surface area contributed by atoms with Gasteiger partial charge in [-0.05, 0) is 30.5 Å². The van der Waals surface area contributed by atoms with Crippen LogP contribution in [-0.4, -0.2) is 31.3 Å². The van der Waals surface area contributed by atoms with Gasteiger partial charge in [0, 0.05) is 12.7 Å². The van der Waals surface area contributed by atoms with Gasteiger partial charge in [-0.15, -0.1) is 0 Å². The second-order valence-corrected chi connectivity index (χ2v) is 5.36. The molecule has 0 aliphatic heterocycles. The Balaban J connectivity index is 3.15. The van der Waals surface area contributed by atoms with Gasteiger partial charge in [0.2, 0.25) is 0 Å². The Morgan fingerprint density at radius 1 is 1.35 bits per heavy atom. The zero-order valence-corrected chi connectivity index (χ0v) is 12.6. The molecule has 1 N–H and O–H groups in total. The first kappa shape index (κ1) is 16.5. The van der Waals surface area contributed by atoms with Crippen LogP contribution in [0.25, 0.3) is 0 Å². The molecule has 1 unspecified atom stereocenters. The molecule has 1 aromatic carbocycles. The lowest BCUT2D eigenvalue weighted by Crippen LogP contribution is -2.25. The average molecular weight is 282 g/mol. The molecule has 5 heteroatoms. The van der Waals surface area contributed by atoms with Crippen LogP contribution in [0.3, 0.4) is 0 Å². The summed E-state index contributed by atoms with van der Waals surface area (Å²) in [6.45, 7) is 7.46. The first-order chi connectivity index (χ1) is 9.29. The first-order valence-electron chi connectivity index (χ1n) is 6.48. The number of aromatic carboxylic acids is 1. The Bertz CT molecular complexity index is 462. The lowest BCUT2D eigenvalue weighted by molar-refractivity contribution is -0.231. The molecule has 0 aromatic heterocycles. The molecule has 0 heterocycles. The molecule has 0 saturated heterocycles. The van der Waals surface area contributed by atoms with Gasteiger partial charge in [-0.1, -0.05) is 20.8 Å². The highest BCUT2D eigenvalue weighted by Gasteiger charge is 2.23. The Morgan fingerprint density at radius 3 is 2.45 bits per heavy atom. The smallest absolute Gasteiger partial charge is 0.335 e. The number of rotatable bonds is 6. The number of hydrogen-bond donors (Lipinski definition) is 1. The van der Waals surface area contributed by atoms with Gasteiger partial charge in [0.25, 0.3) is 0 Å². The molecule has 0 bridgehead atoms. The highest BCUT2D eigenvalue weighted by molar-refractivity contribution is 5.88. The third-order valence-electron chi connectivity index (χ3n) is 2.75. The van der Waals surface area contributed by atoms with Crippen LogP contribution in [-0.2, 0) is 14.9 Å². The Labute approximate surface area is 119 Å². The van der Waals surface area contributed by atoms with Crippen molar-refractivity contribution in [3.63, 3.8) is 0 Å². The fourth-order valence-electron chi connectivity index (χ4n) is 1.74. The highest BCUT2D eigenvalue weighted by Crippen LogP contribution is 2.33. The lowest BCUT2D eigenvalue weighted by Gasteiger charge is -2.25. The summed E-state index contributed by atoms with van der Waals surface area (Å²) < 4.78 is 16.0. The van der Waals surface area contributed by atoms with Crippen LogP contribution in [0.4, 0.5) is 0 Å². The van der Waals surface area contributed by atoms with Crippen LogP contribution < -0.4 is 4.74 Å². The third kappa shape index (κ3) is 4.21. The fourth-order valence-corrected chi connectivity index (χ4v) is 1.74. The topological polar surface area (TPSA) is 65.0 Å². The maximum absolute atomic E-state index is 11.1. The van der Waals surface area contributed by atoms with Crippen molar-refractivity contribution in [2.75, 3.05) is 13.7 Å². The van der Waals surface area contributed by atoms with Crippen LogP contribution >= 0.6 is 0 Å². The van der Waals surface area contributed by atoms with E-state index < -0.39 is 12.4 Å². The molecular weight excluding hydrogens is 260 g/mol. The van der Waals surface area contributed by atoms with Crippen molar-refractivity contribution in [1.82, 2.24) is 0 Å². The molecule has 1 atom stereocenters. The molecule has 1 aromatic rings. The molecule has 112 valence electrons. The van der Waals surface area contributed by atoms with E-state index in [4.69, 9.17) is 19.3 Å². The minimum Gasteiger partial charge on any atom is -0.478 e. The molecule has 5 nitrogen and oxygen atoms in total. The van der Waals surface area contributed by atoms with E-state index in [0.29, 0.717) is 12.4 Å². The number of methoxy groups -OCH3 is 1. The van der Waals surface area contributed by atoms with Gasteiger partial charge in [0.15, 0.2) is 0 Å². The number of benzene rings is 1. The number of ether oxygens (including phenoxy) is 3. The molecule has 0 amide bonds. The summed E-state index contributed by atoms with van der Waals surface area (Å²) in [5.74, 6) is -0.405. The van der Waals surface area contributed by atoms with Crippen molar-refractivity contribution in [2.45, 2.75) is 39.6 Å². The van der Waals surface area contributed by atoms with Gasteiger partial charge in [-0.3, -0.25) is 0 Å². The van der Waals surface area contributed by atoms with Gasteiger partial charge >= 0.3 is 12.4 Å². The van der Waals surface area contributed by atoms with Gasteiger partial charge in [0.05, 0.1) is 12.2 Å². The summed E-state index contributed by atoms with van der Waals surface area (Å²) in [5, 5.41) is 9.09. The number of carbonyl (C=O) groups is 1. The summed E-state index contributed by atoms with van der Waals surface area (Å²) in [5.41, 5.74) is 0.762. The molecule has 0 fully saturated rings. The maximum atomic E-state index is 11.1. The zero-order chi connectivity index (χ0) is 15.3. The normalized spacial score (nSPS) is 13.1. The van der Waals surface area contributed by atoms with Crippen molar-refractivity contribution < 1.29 is 24.1 Å². The van der Waals surface area contributed by atoms with E-state index in [1.807, 2.05) is 27.7 Å². The zero-order valence-electron chi connectivity index (χ0n) is 12.6. The molecular formula is C15H22O5. The van der Waals surface area contributed by atoms with Crippen LogP contribution in [0, 0.1) is 0 Å². The van der Waals surface area contributed by atoms with E-state index in [2.05, 4.69) is 0 Å². The number of carboxylic acids is 1. The summed E-state index contributed by atoms with van der Waals surface area (Å²) >= 11 is 0. The standard InChI is InChI=1S/C15H22O5/c1-6-19-14(18-5)20-12-8-7-10(13(16)17)9-11(12)15(2,3)4/h7-9,14H,6H2,1-5H3,(H,16,17). The minimum atomic E-state index is -0.963. The molecule has 20 heavy (non-hydrogen) atoms. The SMILES string of the molecule is CCOC(OC)Oc1ccc(C(=O)O)cc1C(C)(C)C.